The van der Waals surface area contributed by atoms with Gasteiger partial charge in [-0.05, 0) is 59.8 Å². The van der Waals surface area contributed by atoms with Crippen molar-refractivity contribution >= 4 is 29.8 Å². The van der Waals surface area contributed by atoms with Crippen LogP contribution in [0.3, 0.4) is 0 Å². The van der Waals surface area contributed by atoms with Crippen LogP contribution in [-0.4, -0.2) is 17.6 Å². The zero-order valence-electron chi connectivity index (χ0n) is 22.1. The van der Waals surface area contributed by atoms with Crippen molar-refractivity contribution in [1.82, 2.24) is 4.98 Å². The fraction of sp³-hybridized carbons (Fsp3) is 0.176. The molecule has 1 heterocycles. The molecule has 5 heteroatoms. The molecule has 4 nitrogen and oxygen atoms in total. The normalized spacial score (nSPS) is 11.8. The summed E-state index contributed by atoms with van der Waals surface area (Å²) in [6.45, 7) is 2.23. The average Bonchev–Trinajstić information content (AvgIpc) is 3.49. The van der Waals surface area contributed by atoms with Crippen molar-refractivity contribution in [2.45, 2.75) is 32.1 Å². The number of hydrogen-bond acceptors (Lipinski definition) is 4. The largest absolute Gasteiger partial charge is 0.466 e. The first-order chi connectivity index (χ1) is 19.2. The van der Waals surface area contributed by atoms with Gasteiger partial charge in [-0.1, -0.05) is 109 Å². The lowest BCUT2D eigenvalue weighted by molar-refractivity contribution is -0.143. The molecule has 1 atom stereocenters. The lowest BCUT2D eigenvalue weighted by atomic mass is 9.87. The van der Waals surface area contributed by atoms with Crippen molar-refractivity contribution in [3.63, 3.8) is 0 Å². The molecular weight excluding hydrogens is 501 g/mol. The van der Waals surface area contributed by atoms with E-state index in [0.29, 0.717) is 25.9 Å². The van der Waals surface area contributed by atoms with E-state index in [-0.39, 0.29) is 11.9 Å². The van der Waals surface area contributed by atoms with Gasteiger partial charge in [0.25, 0.3) is 0 Å². The molecule has 0 saturated heterocycles. The monoisotopic (exact) mass is 533 g/mol. The van der Waals surface area contributed by atoms with Crippen molar-refractivity contribution in [3.8, 4) is 0 Å². The molecule has 0 spiro atoms. The van der Waals surface area contributed by atoms with E-state index >= 15 is 0 Å². The molecule has 0 saturated carbocycles. The second-order valence-corrected chi connectivity index (χ2v) is 11.6. The minimum absolute atomic E-state index is 0.0224. The Hall–Kier alpha value is -4.01. The summed E-state index contributed by atoms with van der Waals surface area (Å²) in [6.07, 6.45) is 4.89. The first-order valence-corrected chi connectivity index (χ1v) is 14.7. The number of carbonyl (C=O) groups is 1. The first-order valence-electron chi connectivity index (χ1n) is 13.3. The van der Waals surface area contributed by atoms with E-state index in [9.17, 15) is 4.79 Å². The summed E-state index contributed by atoms with van der Waals surface area (Å²) in [5.41, 5.74) is 4.48. The van der Waals surface area contributed by atoms with E-state index in [1.807, 2.05) is 25.1 Å². The highest BCUT2D eigenvalue weighted by molar-refractivity contribution is 7.79. The number of ether oxygens (including phenoxy) is 1. The minimum Gasteiger partial charge on any atom is -0.466 e. The topological polar surface area (TPSA) is 52.3 Å². The van der Waals surface area contributed by atoms with Gasteiger partial charge in [-0.3, -0.25) is 4.79 Å². The third-order valence-corrected chi connectivity index (χ3v) is 9.34. The Morgan fingerprint density at radius 3 is 2.08 bits per heavy atom. The second-order valence-electron chi connectivity index (χ2n) is 9.40. The molecule has 0 radical (unpaired) electrons. The molecule has 0 fully saturated rings. The SMILES string of the molecule is CCOC(=O)CC(Cc1c(Cc2cocn2)cccc1P(c1ccccc1)c1ccccc1)c1ccccc1. The molecule has 5 rings (SSSR count). The highest BCUT2D eigenvalue weighted by Gasteiger charge is 2.25. The van der Waals surface area contributed by atoms with Crippen LogP contribution in [0.5, 0.6) is 0 Å². The summed E-state index contributed by atoms with van der Waals surface area (Å²) < 4.78 is 10.7. The van der Waals surface area contributed by atoms with Crippen molar-refractivity contribution in [2.75, 3.05) is 6.61 Å². The maximum atomic E-state index is 12.8. The van der Waals surface area contributed by atoms with Crippen LogP contribution in [0.15, 0.2) is 126 Å². The first kappa shape index (κ1) is 26.6. The third-order valence-electron chi connectivity index (χ3n) is 6.81. The van der Waals surface area contributed by atoms with Crippen molar-refractivity contribution in [3.05, 3.63) is 144 Å². The van der Waals surface area contributed by atoms with Crippen molar-refractivity contribution in [2.24, 2.45) is 0 Å². The van der Waals surface area contributed by atoms with Crippen LogP contribution in [0.2, 0.25) is 0 Å². The Bertz CT molecular complexity index is 1420. The Balaban J connectivity index is 1.66. The molecule has 5 aromatic rings. The Morgan fingerprint density at radius 1 is 0.846 bits per heavy atom. The highest BCUT2D eigenvalue weighted by atomic mass is 31.1. The summed E-state index contributed by atoms with van der Waals surface area (Å²) in [4.78, 5) is 17.2. The number of esters is 1. The molecule has 0 N–H and O–H groups in total. The molecular formula is C34H32NO3P. The fourth-order valence-corrected chi connectivity index (χ4v) is 7.57. The van der Waals surface area contributed by atoms with Gasteiger partial charge in [0.05, 0.1) is 18.7 Å². The minimum atomic E-state index is -0.833. The van der Waals surface area contributed by atoms with Crippen molar-refractivity contribution < 1.29 is 13.9 Å². The smallest absolute Gasteiger partial charge is 0.306 e. The standard InChI is InChI=1S/C34H32NO3P/c1-2-38-34(36)23-28(26-13-6-3-7-14-26)22-32-27(21-29-24-37-25-35-29)15-12-20-33(32)39(30-16-8-4-9-17-30)31-18-10-5-11-19-31/h3-20,24-25,28H,2,21-23H2,1H3. The average molecular weight is 534 g/mol. The fourth-order valence-electron chi connectivity index (χ4n) is 5.03. The van der Waals surface area contributed by atoms with Gasteiger partial charge in [-0.25, -0.2) is 4.98 Å². The predicted molar refractivity (Wildman–Crippen MR) is 159 cm³/mol. The van der Waals surface area contributed by atoms with Crippen LogP contribution in [0, 0.1) is 0 Å². The van der Waals surface area contributed by atoms with Gasteiger partial charge in [-0.15, -0.1) is 0 Å². The molecule has 4 aromatic carbocycles. The van der Waals surface area contributed by atoms with E-state index < -0.39 is 7.92 Å². The van der Waals surface area contributed by atoms with E-state index in [4.69, 9.17) is 9.15 Å². The van der Waals surface area contributed by atoms with Gasteiger partial charge in [0, 0.05) is 6.42 Å². The van der Waals surface area contributed by atoms with Crippen LogP contribution in [0.1, 0.15) is 41.6 Å². The number of hydrogen-bond donors (Lipinski definition) is 0. The molecule has 1 aromatic heterocycles. The number of oxazole rings is 1. The molecule has 1 unspecified atom stereocenters. The van der Waals surface area contributed by atoms with E-state index in [0.717, 1.165) is 11.3 Å². The summed E-state index contributed by atoms with van der Waals surface area (Å²) >= 11 is 0. The third kappa shape index (κ3) is 6.71. The highest BCUT2D eigenvalue weighted by Crippen LogP contribution is 2.37. The molecule has 0 aliphatic rings. The number of benzene rings is 4. The maximum Gasteiger partial charge on any atom is 0.306 e. The van der Waals surface area contributed by atoms with Crippen molar-refractivity contribution in [1.29, 1.82) is 0 Å². The lowest BCUT2D eigenvalue weighted by Crippen LogP contribution is -2.26. The number of nitrogens with zero attached hydrogens (tertiary/aromatic N) is 1. The van der Waals surface area contributed by atoms with Gasteiger partial charge in [0.15, 0.2) is 6.39 Å². The number of aromatic nitrogens is 1. The Labute approximate surface area is 231 Å². The molecule has 196 valence electrons. The summed E-state index contributed by atoms with van der Waals surface area (Å²) in [5.74, 6) is -0.193. The zero-order chi connectivity index (χ0) is 26.9. The van der Waals surface area contributed by atoms with Gasteiger partial charge >= 0.3 is 5.97 Å². The maximum absolute atomic E-state index is 12.8. The van der Waals surface area contributed by atoms with Crippen LogP contribution in [0.4, 0.5) is 0 Å². The van der Waals surface area contributed by atoms with Crippen LogP contribution >= 0.6 is 7.92 Å². The molecule has 0 bridgehead atoms. The van der Waals surface area contributed by atoms with Gasteiger partial charge < -0.3 is 9.15 Å². The summed E-state index contributed by atoms with van der Waals surface area (Å²) in [6, 6.07) is 38.4. The van der Waals surface area contributed by atoms with Crippen LogP contribution < -0.4 is 15.9 Å². The molecule has 39 heavy (non-hydrogen) atoms. The van der Waals surface area contributed by atoms with E-state index in [1.165, 1.54) is 33.4 Å². The second kappa shape index (κ2) is 13.2. The number of rotatable bonds is 11. The molecule has 0 aliphatic carbocycles. The Morgan fingerprint density at radius 2 is 1.49 bits per heavy atom. The van der Waals surface area contributed by atoms with Gasteiger partial charge in [0.2, 0.25) is 0 Å². The van der Waals surface area contributed by atoms with Gasteiger partial charge in [0.1, 0.15) is 6.26 Å². The number of carbonyl (C=O) groups excluding carboxylic acids is 1. The quantitative estimate of drug-likeness (QED) is 0.148. The lowest BCUT2D eigenvalue weighted by Gasteiger charge is -2.26. The molecule has 0 aliphatic heterocycles. The summed E-state index contributed by atoms with van der Waals surface area (Å²) in [5, 5.41) is 3.88. The predicted octanol–water partition coefficient (Wildman–Crippen LogP) is 6.30. The summed E-state index contributed by atoms with van der Waals surface area (Å²) in [7, 11) is -0.833. The van der Waals surface area contributed by atoms with Gasteiger partial charge in [-0.2, -0.15) is 0 Å². The molecule has 0 amide bonds. The zero-order valence-corrected chi connectivity index (χ0v) is 23.0. The Kier molecular flexibility index (Phi) is 8.98. The van der Waals surface area contributed by atoms with Crippen LogP contribution in [0.25, 0.3) is 0 Å². The van der Waals surface area contributed by atoms with E-state index in [1.54, 1.807) is 6.26 Å². The van der Waals surface area contributed by atoms with E-state index in [2.05, 4.69) is 96.0 Å². The van der Waals surface area contributed by atoms with Crippen LogP contribution in [-0.2, 0) is 22.4 Å².